The minimum absolute atomic E-state index is 0.284. The predicted molar refractivity (Wildman–Crippen MR) is 79.1 cm³/mol. The number of aromatic nitrogens is 3. The molecule has 0 aliphatic rings. The van der Waals surface area contributed by atoms with Gasteiger partial charge >= 0.3 is 6.43 Å². The summed E-state index contributed by atoms with van der Waals surface area (Å²) in [6.45, 7) is 0.284. The molecule has 0 saturated carbocycles. The average molecular weight is 335 g/mol. The molecule has 5 nitrogen and oxygen atoms in total. The lowest BCUT2D eigenvalue weighted by atomic mass is 10.1. The number of hydrogen-bond acceptors (Lipinski definition) is 4. The molecule has 0 bridgehead atoms. The van der Waals surface area contributed by atoms with E-state index in [2.05, 4.69) is 14.6 Å². The van der Waals surface area contributed by atoms with Crippen LogP contribution in [0.25, 0.3) is 11.5 Å². The first kappa shape index (κ1) is 16.0. The molecule has 2 heterocycles. The Balaban J connectivity index is 1.84. The minimum atomic E-state index is -2.96. The second kappa shape index (κ2) is 6.69. The molecule has 3 aromatic rings. The van der Waals surface area contributed by atoms with Crippen molar-refractivity contribution in [1.29, 1.82) is 0 Å². The Morgan fingerprint density at radius 2 is 1.88 bits per heavy atom. The second-order valence-electron chi connectivity index (χ2n) is 5.02. The van der Waals surface area contributed by atoms with Gasteiger partial charge in [0.05, 0.1) is 5.56 Å². The van der Waals surface area contributed by atoms with Crippen LogP contribution in [-0.4, -0.2) is 14.8 Å². The monoisotopic (exact) mass is 335 g/mol. The van der Waals surface area contributed by atoms with Gasteiger partial charge in [-0.15, -0.1) is 10.2 Å². The SMILES string of the molecule is O=c1c(F)c(-c2nnc(C(F)F)o2)ccn1CCc1ccccc1. The molecule has 1 aromatic carbocycles. The van der Waals surface area contributed by atoms with Gasteiger partial charge < -0.3 is 8.98 Å². The Kier molecular flexibility index (Phi) is 4.45. The number of aryl methyl sites for hydroxylation is 2. The highest BCUT2D eigenvalue weighted by Crippen LogP contribution is 2.23. The van der Waals surface area contributed by atoms with Crippen LogP contribution in [0, 0.1) is 5.82 Å². The van der Waals surface area contributed by atoms with Crippen LogP contribution in [0.3, 0.4) is 0 Å². The van der Waals surface area contributed by atoms with Gasteiger partial charge in [0.25, 0.3) is 17.3 Å². The van der Waals surface area contributed by atoms with Gasteiger partial charge in [-0.2, -0.15) is 13.2 Å². The number of rotatable bonds is 5. The van der Waals surface area contributed by atoms with Crippen LogP contribution in [-0.2, 0) is 13.0 Å². The van der Waals surface area contributed by atoms with E-state index in [4.69, 9.17) is 0 Å². The van der Waals surface area contributed by atoms with Gasteiger partial charge in [-0.05, 0) is 18.1 Å². The van der Waals surface area contributed by atoms with E-state index in [1.807, 2.05) is 30.3 Å². The molecule has 2 aromatic heterocycles. The van der Waals surface area contributed by atoms with Crippen LogP contribution >= 0.6 is 0 Å². The highest BCUT2D eigenvalue weighted by atomic mass is 19.3. The number of nitrogens with zero attached hydrogens (tertiary/aromatic N) is 3. The molecule has 24 heavy (non-hydrogen) atoms. The Hall–Kier alpha value is -2.90. The summed E-state index contributed by atoms with van der Waals surface area (Å²) in [5, 5.41) is 6.47. The zero-order chi connectivity index (χ0) is 17.1. The summed E-state index contributed by atoms with van der Waals surface area (Å²) in [4.78, 5) is 12.1. The van der Waals surface area contributed by atoms with E-state index in [9.17, 15) is 18.0 Å². The number of pyridine rings is 1. The van der Waals surface area contributed by atoms with Gasteiger partial charge in [0.15, 0.2) is 0 Å². The first-order valence-corrected chi connectivity index (χ1v) is 7.11. The zero-order valence-corrected chi connectivity index (χ0v) is 12.3. The lowest BCUT2D eigenvalue weighted by Crippen LogP contribution is -2.24. The summed E-state index contributed by atoms with van der Waals surface area (Å²) < 4.78 is 45.0. The van der Waals surface area contributed by atoms with Crippen LogP contribution < -0.4 is 5.56 Å². The predicted octanol–water partition coefficient (Wildman–Crippen LogP) is 3.22. The zero-order valence-electron chi connectivity index (χ0n) is 12.3. The molecular formula is C16H12F3N3O2. The summed E-state index contributed by atoms with van der Waals surface area (Å²) in [5.74, 6) is -2.48. The lowest BCUT2D eigenvalue weighted by molar-refractivity contribution is 0.116. The number of alkyl halides is 2. The van der Waals surface area contributed by atoms with Gasteiger partial charge in [0, 0.05) is 12.7 Å². The van der Waals surface area contributed by atoms with Crippen molar-refractivity contribution >= 4 is 0 Å². The van der Waals surface area contributed by atoms with E-state index in [1.54, 1.807) is 0 Å². The van der Waals surface area contributed by atoms with Gasteiger partial charge in [0.2, 0.25) is 5.82 Å². The summed E-state index contributed by atoms with van der Waals surface area (Å²) in [6.07, 6.45) is -1.04. The van der Waals surface area contributed by atoms with Crippen molar-refractivity contribution in [2.24, 2.45) is 0 Å². The Labute approximate surface area is 134 Å². The number of hydrogen-bond donors (Lipinski definition) is 0. The van der Waals surface area contributed by atoms with Crippen molar-refractivity contribution in [3.63, 3.8) is 0 Å². The van der Waals surface area contributed by atoms with Crippen LogP contribution in [0.5, 0.6) is 0 Å². The first-order chi connectivity index (χ1) is 11.6. The third kappa shape index (κ3) is 3.22. The molecule has 0 unspecified atom stereocenters. The van der Waals surface area contributed by atoms with Crippen LogP contribution in [0.1, 0.15) is 17.9 Å². The maximum atomic E-state index is 14.2. The van der Waals surface area contributed by atoms with E-state index in [-0.39, 0.29) is 12.1 Å². The summed E-state index contributed by atoms with van der Waals surface area (Å²) in [6, 6.07) is 10.7. The Bertz CT molecular complexity index is 891. The topological polar surface area (TPSA) is 60.9 Å². The van der Waals surface area contributed by atoms with Crippen molar-refractivity contribution in [3.8, 4) is 11.5 Å². The van der Waals surface area contributed by atoms with E-state index in [1.165, 1.54) is 16.8 Å². The van der Waals surface area contributed by atoms with E-state index in [0.29, 0.717) is 6.42 Å². The van der Waals surface area contributed by atoms with Crippen LogP contribution in [0.2, 0.25) is 0 Å². The van der Waals surface area contributed by atoms with E-state index >= 15 is 0 Å². The summed E-state index contributed by atoms with van der Waals surface area (Å²) in [5.41, 5.74) is -0.164. The highest BCUT2D eigenvalue weighted by molar-refractivity contribution is 5.52. The molecule has 0 radical (unpaired) electrons. The van der Waals surface area contributed by atoms with Gasteiger partial charge in [-0.3, -0.25) is 4.79 Å². The number of benzene rings is 1. The largest absolute Gasteiger partial charge is 0.415 e. The standard InChI is InChI=1S/C16H12F3N3O2/c17-12-11(14-20-21-15(24-14)13(18)19)7-9-22(16(12)23)8-6-10-4-2-1-3-5-10/h1-5,7,9,13H,6,8H2. The van der Waals surface area contributed by atoms with Crippen molar-refractivity contribution in [2.75, 3.05) is 0 Å². The fraction of sp³-hybridized carbons (Fsp3) is 0.188. The molecule has 0 aliphatic carbocycles. The Morgan fingerprint density at radius 1 is 1.12 bits per heavy atom. The molecule has 0 N–H and O–H groups in total. The third-order valence-electron chi connectivity index (χ3n) is 3.45. The highest BCUT2D eigenvalue weighted by Gasteiger charge is 2.20. The van der Waals surface area contributed by atoms with Crippen molar-refractivity contribution in [1.82, 2.24) is 14.8 Å². The normalized spacial score (nSPS) is 11.2. The molecule has 124 valence electrons. The molecule has 0 spiro atoms. The smallest absolute Gasteiger partial charge is 0.314 e. The molecule has 0 fully saturated rings. The molecule has 0 aliphatic heterocycles. The summed E-state index contributed by atoms with van der Waals surface area (Å²) in [7, 11) is 0. The molecule has 0 atom stereocenters. The van der Waals surface area contributed by atoms with E-state index < -0.39 is 29.6 Å². The molecule has 0 saturated heterocycles. The second-order valence-corrected chi connectivity index (χ2v) is 5.02. The minimum Gasteiger partial charge on any atom is -0.415 e. The average Bonchev–Trinajstić information content (AvgIpc) is 3.07. The third-order valence-corrected chi connectivity index (χ3v) is 3.45. The van der Waals surface area contributed by atoms with Crippen molar-refractivity contribution in [3.05, 3.63) is 70.2 Å². The number of halogens is 3. The summed E-state index contributed by atoms with van der Waals surface area (Å²) >= 11 is 0. The maximum Gasteiger partial charge on any atom is 0.314 e. The maximum absolute atomic E-state index is 14.2. The van der Waals surface area contributed by atoms with Crippen LogP contribution in [0.15, 0.2) is 51.8 Å². The van der Waals surface area contributed by atoms with Crippen molar-refractivity contribution < 1.29 is 17.6 Å². The first-order valence-electron chi connectivity index (χ1n) is 7.11. The van der Waals surface area contributed by atoms with Crippen LogP contribution in [0.4, 0.5) is 13.2 Å². The quantitative estimate of drug-likeness (QED) is 0.718. The fourth-order valence-corrected chi connectivity index (χ4v) is 2.21. The molecule has 0 amide bonds. The molecule has 3 rings (SSSR count). The van der Waals surface area contributed by atoms with Gasteiger partial charge in [0.1, 0.15) is 0 Å². The van der Waals surface area contributed by atoms with E-state index in [0.717, 1.165) is 5.56 Å². The Morgan fingerprint density at radius 3 is 2.54 bits per heavy atom. The van der Waals surface area contributed by atoms with Crippen molar-refractivity contribution in [2.45, 2.75) is 19.4 Å². The fourth-order valence-electron chi connectivity index (χ4n) is 2.21. The lowest BCUT2D eigenvalue weighted by Gasteiger charge is -2.07. The molecular weight excluding hydrogens is 323 g/mol. The van der Waals surface area contributed by atoms with Gasteiger partial charge in [-0.25, -0.2) is 0 Å². The van der Waals surface area contributed by atoms with Gasteiger partial charge in [-0.1, -0.05) is 30.3 Å². The molecule has 8 heteroatoms.